The lowest BCUT2D eigenvalue weighted by Gasteiger charge is -2.33. The number of fused-ring (bicyclic) bond motifs is 1. The van der Waals surface area contributed by atoms with Gasteiger partial charge in [0.2, 0.25) is 5.91 Å². The maximum atomic E-state index is 12.9. The number of ether oxygens (including phenoxy) is 1. The van der Waals surface area contributed by atoms with Crippen molar-refractivity contribution in [2.45, 2.75) is 31.8 Å². The van der Waals surface area contributed by atoms with Gasteiger partial charge in [0.05, 0.1) is 18.7 Å². The van der Waals surface area contributed by atoms with Gasteiger partial charge in [-0.15, -0.1) is 0 Å². The van der Waals surface area contributed by atoms with Crippen molar-refractivity contribution in [1.29, 1.82) is 0 Å². The van der Waals surface area contributed by atoms with Crippen LogP contribution >= 0.6 is 0 Å². The lowest BCUT2D eigenvalue weighted by atomic mass is 9.98. The number of carbonyl (C=O) groups is 1. The summed E-state index contributed by atoms with van der Waals surface area (Å²) in [7, 11) is 0. The van der Waals surface area contributed by atoms with Crippen LogP contribution in [-0.2, 0) is 4.79 Å². The number of para-hydroxylation sites is 1. The smallest absolute Gasteiger partial charge is 0.237 e. The van der Waals surface area contributed by atoms with Gasteiger partial charge in [0.1, 0.15) is 5.75 Å². The van der Waals surface area contributed by atoms with Crippen LogP contribution in [0.15, 0.2) is 60.7 Å². The molecule has 1 amide bonds. The Kier molecular flexibility index (Phi) is 5.26. The van der Waals surface area contributed by atoms with Crippen LogP contribution < -0.4 is 10.1 Å². The molecule has 0 aromatic heterocycles. The van der Waals surface area contributed by atoms with Crippen LogP contribution in [0.1, 0.15) is 36.9 Å². The first-order valence-corrected chi connectivity index (χ1v) is 9.73. The molecule has 0 aliphatic carbocycles. The molecule has 27 heavy (non-hydrogen) atoms. The molecule has 2 atom stereocenters. The molecule has 0 saturated carbocycles. The van der Waals surface area contributed by atoms with Crippen molar-refractivity contribution in [3.05, 3.63) is 71.8 Å². The fourth-order valence-electron chi connectivity index (χ4n) is 3.90. The molecular formula is C23H26N2O2. The number of hydrogen-bond acceptors (Lipinski definition) is 3. The molecule has 1 N–H and O–H groups in total. The third kappa shape index (κ3) is 3.91. The van der Waals surface area contributed by atoms with Gasteiger partial charge in [0.15, 0.2) is 0 Å². The second-order valence-electron chi connectivity index (χ2n) is 7.25. The van der Waals surface area contributed by atoms with E-state index in [0.29, 0.717) is 6.61 Å². The molecule has 4 rings (SSSR count). The molecule has 2 aliphatic rings. The minimum atomic E-state index is -0.145. The van der Waals surface area contributed by atoms with Crippen molar-refractivity contribution in [1.82, 2.24) is 10.2 Å². The SMILES string of the molecule is C[C@@H](C(=O)N[C@H]1CCOc2ccccc21)N1CC=C(c2ccccc2)CC1. The summed E-state index contributed by atoms with van der Waals surface area (Å²) >= 11 is 0. The van der Waals surface area contributed by atoms with Gasteiger partial charge in [0.25, 0.3) is 0 Å². The molecular weight excluding hydrogens is 336 g/mol. The summed E-state index contributed by atoms with van der Waals surface area (Å²) in [5.41, 5.74) is 3.74. The van der Waals surface area contributed by atoms with E-state index >= 15 is 0 Å². The molecule has 2 aromatic rings. The highest BCUT2D eigenvalue weighted by Gasteiger charge is 2.28. The van der Waals surface area contributed by atoms with E-state index in [-0.39, 0.29) is 18.0 Å². The molecule has 0 radical (unpaired) electrons. The van der Waals surface area contributed by atoms with Crippen molar-refractivity contribution in [3.63, 3.8) is 0 Å². The van der Waals surface area contributed by atoms with Crippen molar-refractivity contribution in [2.75, 3.05) is 19.7 Å². The zero-order chi connectivity index (χ0) is 18.6. The van der Waals surface area contributed by atoms with Crippen molar-refractivity contribution in [3.8, 4) is 5.75 Å². The molecule has 2 aromatic carbocycles. The van der Waals surface area contributed by atoms with E-state index in [9.17, 15) is 4.79 Å². The first kappa shape index (κ1) is 17.8. The summed E-state index contributed by atoms with van der Waals surface area (Å²) < 4.78 is 5.70. The predicted octanol–water partition coefficient (Wildman–Crippen LogP) is 3.80. The highest BCUT2D eigenvalue weighted by molar-refractivity contribution is 5.82. The van der Waals surface area contributed by atoms with E-state index in [0.717, 1.165) is 37.2 Å². The number of benzene rings is 2. The zero-order valence-corrected chi connectivity index (χ0v) is 15.7. The summed E-state index contributed by atoms with van der Waals surface area (Å²) in [5, 5.41) is 3.23. The molecule has 0 fully saturated rings. The number of rotatable bonds is 4. The molecule has 0 unspecified atom stereocenters. The Hall–Kier alpha value is -2.59. The Balaban J connectivity index is 1.39. The standard InChI is InChI=1S/C23H26N2O2/c1-17(25-14-11-19(12-15-25)18-7-3-2-4-8-18)23(26)24-21-13-16-27-22-10-6-5-9-20(21)22/h2-11,17,21H,12-16H2,1H3,(H,24,26)/t17-,21-/m0/s1. The first-order chi connectivity index (χ1) is 13.2. The van der Waals surface area contributed by atoms with Gasteiger partial charge in [-0.3, -0.25) is 9.69 Å². The van der Waals surface area contributed by atoms with Crippen LogP contribution in [0.3, 0.4) is 0 Å². The fraction of sp³-hybridized carbons (Fsp3) is 0.348. The number of amides is 1. The summed E-state index contributed by atoms with van der Waals surface area (Å²) in [6.07, 6.45) is 4.04. The second-order valence-corrected chi connectivity index (χ2v) is 7.25. The third-order valence-corrected chi connectivity index (χ3v) is 5.59. The number of nitrogens with zero attached hydrogens (tertiary/aromatic N) is 1. The van der Waals surface area contributed by atoms with Crippen LogP contribution in [0.4, 0.5) is 0 Å². The summed E-state index contributed by atoms with van der Waals surface area (Å²) in [6.45, 7) is 4.36. The summed E-state index contributed by atoms with van der Waals surface area (Å²) in [4.78, 5) is 15.1. The maximum Gasteiger partial charge on any atom is 0.237 e. The van der Waals surface area contributed by atoms with Crippen molar-refractivity contribution < 1.29 is 9.53 Å². The predicted molar refractivity (Wildman–Crippen MR) is 108 cm³/mol. The fourth-order valence-corrected chi connectivity index (χ4v) is 3.90. The highest BCUT2D eigenvalue weighted by Crippen LogP contribution is 2.31. The van der Waals surface area contributed by atoms with Gasteiger partial charge >= 0.3 is 0 Å². The van der Waals surface area contributed by atoms with E-state index in [1.165, 1.54) is 11.1 Å². The monoisotopic (exact) mass is 362 g/mol. The van der Waals surface area contributed by atoms with Crippen LogP contribution in [0.25, 0.3) is 5.57 Å². The second kappa shape index (κ2) is 7.97. The minimum Gasteiger partial charge on any atom is -0.493 e. The van der Waals surface area contributed by atoms with Gasteiger partial charge in [-0.2, -0.15) is 0 Å². The summed E-state index contributed by atoms with van der Waals surface area (Å²) in [6, 6.07) is 18.4. The first-order valence-electron chi connectivity index (χ1n) is 9.73. The van der Waals surface area contributed by atoms with Gasteiger partial charge < -0.3 is 10.1 Å². The van der Waals surface area contributed by atoms with Crippen LogP contribution in [-0.4, -0.2) is 36.5 Å². The molecule has 0 spiro atoms. The number of nitrogens with one attached hydrogen (secondary N) is 1. The van der Waals surface area contributed by atoms with E-state index in [1.54, 1.807) is 0 Å². The lowest BCUT2D eigenvalue weighted by molar-refractivity contribution is -0.126. The van der Waals surface area contributed by atoms with E-state index in [1.807, 2.05) is 37.3 Å². The third-order valence-electron chi connectivity index (χ3n) is 5.59. The van der Waals surface area contributed by atoms with Gasteiger partial charge in [-0.1, -0.05) is 54.6 Å². The number of hydrogen-bond donors (Lipinski definition) is 1. The Morgan fingerprint density at radius 2 is 1.93 bits per heavy atom. The topological polar surface area (TPSA) is 41.6 Å². The van der Waals surface area contributed by atoms with Crippen LogP contribution in [0.2, 0.25) is 0 Å². The van der Waals surface area contributed by atoms with Gasteiger partial charge in [0, 0.05) is 25.1 Å². The Morgan fingerprint density at radius 3 is 2.70 bits per heavy atom. The largest absolute Gasteiger partial charge is 0.493 e. The average Bonchev–Trinajstić information content (AvgIpc) is 2.74. The quantitative estimate of drug-likeness (QED) is 0.899. The van der Waals surface area contributed by atoms with Gasteiger partial charge in [-0.05, 0) is 30.5 Å². The van der Waals surface area contributed by atoms with Crippen molar-refractivity contribution in [2.24, 2.45) is 0 Å². The van der Waals surface area contributed by atoms with Gasteiger partial charge in [-0.25, -0.2) is 0 Å². The molecule has 2 aliphatic heterocycles. The van der Waals surface area contributed by atoms with Crippen LogP contribution in [0, 0.1) is 0 Å². The molecule has 140 valence electrons. The normalized spacial score (nSPS) is 20.8. The average molecular weight is 362 g/mol. The van der Waals surface area contributed by atoms with E-state index < -0.39 is 0 Å². The Bertz CT molecular complexity index is 831. The molecule has 2 heterocycles. The van der Waals surface area contributed by atoms with Crippen molar-refractivity contribution >= 4 is 11.5 Å². The van der Waals surface area contributed by atoms with E-state index in [2.05, 4.69) is 40.6 Å². The molecule has 0 saturated heterocycles. The number of carbonyl (C=O) groups excluding carboxylic acids is 1. The molecule has 4 heteroatoms. The lowest BCUT2D eigenvalue weighted by Crippen LogP contribution is -2.48. The highest BCUT2D eigenvalue weighted by atomic mass is 16.5. The van der Waals surface area contributed by atoms with E-state index in [4.69, 9.17) is 4.74 Å². The van der Waals surface area contributed by atoms with Crippen LogP contribution in [0.5, 0.6) is 5.75 Å². The Morgan fingerprint density at radius 1 is 1.15 bits per heavy atom. The molecule has 0 bridgehead atoms. The zero-order valence-electron chi connectivity index (χ0n) is 15.7. The minimum absolute atomic E-state index is 0.0325. The Labute approximate surface area is 160 Å². The molecule has 4 nitrogen and oxygen atoms in total. The summed E-state index contributed by atoms with van der Waals surface area (Å²) in [5.74, 6) is 0.975. The maximum absolute atomic E-state index is 12.9.